The van der Waals surface area contributed by atoms with Crippen LogP contribution in [-0.4, -0.2) is 49.7 Å². The molecule has 2 heterocycles. The number of nitrogens with one attached hydrogen (secondary N) is 1. The van der Waals surface area contributed by atoms with E-state index in [0.717, 1.165) is 39.3 Å². The molecule has 1 fully saturated rings. The van der Waals surface area contributed by atoms with E-state index in [-0.39, 0.29) is 5.41 Å². The molecule has 0 radical (unpaired) electrons. The van der Waals surface area contributed by atoms with Gasteiger partial charge in [-0.25, -0.2) is 4.98 Å². The first-order valence-corrected chi connectivity index (χ1v) is 8.88. The third kappa shape index (κ3) is 4.41. The van der Waals surface area contributed by atoms with Crippen LogP contribution in [0.1, 0.15) is 44.7 Å². The van der Waals surface area contributed by atoms with Crippen LogP contribution in [0.4, 0.5) is 5.13 Å². The van der Waals surface area contributed by atoms with Gasteiger partial charge in [0.1, 0.15) is 0 Å². The van der Waals surface area contributed by atoms with Crippen molar-refractivity contribution >= 4 is 16.5 Å². The predicted octanol–water partition coefficient (Wildman–Crippen LogP) is 2.69. The Morgan fingerprint density at radius 1 is 1.19 bits per heavy atom. The number of aromatic nitrogens is 1. The Morgan fingerprint density at radius 3 is 2.43 bits per heavy atom. The van der Waals surface area contributed by atoms with Gasteiger partial charge in [0, 0.05) is 43.0 Å². The van der Waals surface area contributed by atoms with Crippen molar-refractivity contribution < 1.29 is 0 Å². The molecule has 0 saturated carbocycles. The maximum Gasteiger partial charge on any atom is 0.185 e. The van der Waals surface area contributed by atoms with E-state index in [0.29, 0.717) is 0 Å². The summed E-state index contributed by atoms with van der Waals surface area (Å²) in [5, 5.41) is 4.74. The van der Waals surface area contributed by atoms with Crippen molar-refractivity contribution in [1.82, 2.24) is 15.2 Å². The molecule has 1 saturated heterocycles. The fraction of sp³-hybridized carbons (Fsp3) is 0.812. The Hall–Kier alpha value is -0.650. The van der Waals surface area contributed by atoms with Gasteiger partial charge in [0.15, 0.2) is 5.13 Å². The summed E-state index contributed by atoms with van der Waals surface area (Å²) in [6.07, 6.45) is 1.18. The molecule has 0 aromatic carbocycles. The highest BCUT2D eigenvalue weighted by Crippen LogP contribution is 2.34. The number of likely N-dealkylation sites (N-methyl/N-ethyl adjacent to an activating group) is 1. The first-order chi connectivity index (χ1) is 9.91. The molecule has 0 spiro atoms. The third-order valence-electron chi connectivity index (χ3n) is 3.88. The van der Waals surface area contributed by atoms with Gasteiger partial charge in [0.25, 0.3) is 0 Å². The number of thiazole rings is 1. The van der Waals surface area contributed by atoms with E-state index in [2.05, 4.69) is 49.9 Å². The summed E-state index contributed by atoms with van der Waals surface area (Å²) in [7, 11) is 2.19. The molecule has 1 aromatic rings. The second kappa shape index (κ2) is 7.07. The zero-order valence-corrected chi connectivity index (χ0v) is 15.0. The summed E-state index contributed by atoms with van der Waals surface area (Å²) < 4.78 is 0. The SMILES string of the molecule is CCCNCc1sc(N2CCN(C)CC2)nc1C(C)(C)C. The van der Waals surface area contributed by atoms with Crippen LogP contribution in [0.5, 0.6) is 0 Å². The quantitative estimate of drug-likeness (QED) is 0.847. The lowest BCUT2D eigenvalue weighted by molar-refractivity contribution is 0.312. The first kappa shape index (κ1) is 16.7. The molecule has 1 aliphatic rings. The summed E-state index contributed by atoms with van der Waals surface area (Å²) in [6.45, 7) is 15.5. The van der Waals surface area contributed by atoms with Gasteiger partial charge in [-0.2, -0.15) is 0 Å². The minimum absolute atomic E-state index is 0.116. The minimum Gasteiger partial charge on any atom is -0.346 e. The van der Waals surface area contributed by atoms with Crippen LogP contribution in [0, 0.1) is 0 Å². The third-order valence-corrected chi connectivity index (χ3v) is 5.00. The average Bonchev–Trinajstić information content (AvgIpc) is 2.84. The molecule has 4 nitrogen and oxygen atoms in total. The van der Waals surface area contributed by atoms with Gasteiger partial charge in [-0.15, -0.1) is 11.3 Å². The van der Waals surface area contributed by atoms with Gasteiger partial charge in [-0.1, -0.05) is 27.7 Å². The van der Waals surface area contributed by atoms with Gasteiger partial charge in [-0.3, -0.25) is 0 Å². The monoisotopic (exact) mass is 310 g/mol. The molecule has 1 aliphatic heterocycles. The van der Waals surface area contributed by atoms with Crippen molar-refractivity contribution in [2.75, 3.05) is 44.7 Å². The summed E-state index contributed by atoms with van der Waals surface area (Å²) in [5.41, 5.74) is 1.38. The Bertz CT molecular complexity index is 442. The lowest BCUT2D eigenvalue weighted by Crippen LogP contribution is -2.44. The van der Waals surface area contributed by atoms with Crippen LogP contribution < -0.4 is 10.2 Å². The standard InChI is InChI=1S/C16H30N4S/c1-6-7-17-12-13-14(16(2,3)4)18-15(21-13)20-10-8-19(5)9-11-20/h17H,6-12H2,1-5H3. The Kier molecular flexibility index (Phi) is 5.63. The number of nitrogens with zero attached hydrogens (tertiary/aromatic N) is 3. The van der Waals surface area contributed by atoms with E-state index in [1.54, 1.807) is 0 Å². The van der Waals surface area contributed by atoms with Crippen LogP contribution in [0.2, 0.25) is 0 Å². The number of piperazine rings is 1. The molecule has 0 unspecified atom stereocenters. The van der Waals surface area contributed by atoms with Crippen molar-refractivity contribution in [2.45, 2.75) is 46.1 Å². The fourth-order valence-electron chi connectivity index (χ4n) is 2.56. The van der Waals surface area contributed by atoms with Gasteiger partial charge < -0.3 is 15.1 Å². The maximum absolute atomic E-state index is 4.99. The van der Waals surface area contributed by atoms with E-state index in [9.17, 15) is 0 Å². The maximum atomic E-state index is 4.99. The van der Waals surface area contributed by atoms with Gasteiger partial charge in [-0.05, 0) is 20.0 Å². The van der Waals surface area contributed by atoms with Crippen LogP contribution in [0.3, 0.4) is 0 Å². The molecule has 21 heavy (non-hydrogen) atoms. The number of rotatable bonds is 5. The molecule has 5 heteroatoms. The zero-order valence-electron chi connectivity index (χ0n) is 14.2. The Balaban J connectivity index is 2.15. The Morgan fingerprint density at radius 2 is 1.86 bits per heavy atom. The van der Waals surface area contributed by atoms with E-state index >= 15 is 0 Å². The average molecular weight is 311 g/mol. The fourth-order valence-corrected chi connectivity index (χ4v) is 3.85. The molecule has 0 aliphatic carbocycles. The van der Waals surface area contributed by atoms with Gasteiger partial charge >= 0.3 is 0 Å². The summed E-state index contributed by atoms with van der Waals surface area (Å²) in [4.78, 5) is 11.2. The highest BCUT2D eigenvalue weighted by Gasteiger charge is 2.25. The second-order valence-corrected chi connectivity index (χ2v) is 8.05. The van der Waals surface area contributed by atoms with Gasteiger partial charge in [0.2, 0.25) is 0 Å². The number of anilines is 1. The van der Waals surface area contributed by atoms with E-state index in [1.165, 1.54) is 22.1 Å². The van der Waals surface area contributed by atoms with Crippen LogP contribution in [0.15, 0.2) is 0 Å². The van der Waals surface area contributed by atoms with Crippen molar-refractivity contribution in [1.29, 1.82) is 0 Å². The first-order valence-electron chi connectivity index (χ1n) is 8.06. The molecule has 2 rings (SSSR count). The van der Waals surface area contributed by atoms with Crippen LogP contribution in [0.25, 0.3) is 0 Å². The molecule has 1 N–H and O–H groups in total. The van der Waals surface area contributed by atoms with E-state index in [4.69, 9.17) is 4.98 Å². The molecule has 1 aromatic heterocycles. The topological polar surface area (TPSA) is 31.4 Å². The molecular weight excluding hydrogens is 280 g/mol. The second-order valence-electron chi connectivity index (χ2n) is 6.99. The number of hydrogen-bond donors (Lipinski definition) is 1. The highest BCUT2D eigenvalue weighted by atomic mass is 32.1. The lowest BCUT2D eigenvalue weighted by atomic mass is 9.91. The minimum atomic E-state index is 0.116. The van der Waals surface area contributed by atoms with E-state index in [1.807, 2.05) is 11.3 Å². The van der Waals surface area contributed by atoms with Crippen LogP contribution in [-0.2, 0) is 12.0 Å². The van der Waals surface area contributed by atoms with Gasteiger partial charge in [0.05, 0.1) is 5.69 Å². The van der Waals surface area contributed by atoms with Crippen LogP contribution >= 0.6 is 11.3 Å². The molecular formula is C16H30N4S. The van der Waals surface area contributed by atoms with Crippen molar-refractivity contribution in [3.8, 4) is 0 Å². The summed E-state index contributed by atoms with van der Waals surface area (Å²) in [5.74, 6) is 0. The molecule has 0 amide bonds. The van der Waals surface area contributed by atoms with Crippen molar-refractivity contribution in [3.63, 3.8) is 0 Å². The summed E-state index contributed by atoms with van der Waals surface area (Å²) in [6, 6.07) is 0. The predicted molar refractivity (Wildman–Crippen MR) is 92.5 cm³/mol. The van der Waals surface area contributed by atoms with Crippen molar-refractivity contribution in [2.24, 2.45) is 0 Å². The smallest absolute Gasteiger partial charge is 0.185 e. The van der Waals surface area contributed by atoms with E-state index < -0.39 is 0 Å². The number of hydrogen-bond acceptors (Lipinski definition) is 5. The zero-order chi connectivity index (χ0) is 15.5. The summed E-state index contributed by atoms with van der Waals surface area (Å²) >= 11 is 1.88. The molecule has 0 bridgehead atoms. The largest absolute Gasteiger partial charge is 0.346 e. The molecule has 120 valence electrons. The molecule has 0 atom stereocenters. The highest BCUT2D eigenvalue weighted by molar-refractivity contribution is 7.15. The lowest BCUT2D eigenvalue weighted by Gasteiger charge is -2.32. The normalized spacial score (nSPS) is 17.5. The Labute approximate surface area is 133 Å². The van der Waals surface area contributed by atoms with Crippen molar-refractivity contribution in [3.05, 3.63) is 10.6 Å².